The molecule has 2 aromatic carbocycles. The molecule has 3 aromatic heterocycles. The first-order chi connectivity index (χ1) is 16.3. The number of hydrogen-bond acceptors (Lipinski definition) is 4. The van der Waals surface area contributed by atoms with Gasteiger partial charge >= 0.3 is 0 Å². The summed E-state index contributed by atoms with van der Waals surface area (Å²) in [4.78, 5) is 5.06. The number of hydrogen-bond donors (Lipinski definition) is 0. The molecule has 5 aromatic rings. The molecular weight excluding hydrogens is 424 g/mol. The minimum atomic E-state index is 0.281. The number of fused-ring (bicyclic) bond motifs is 4. The van der Waals surface area contributed by atoms with E-state index in [9.17, 15) is 0 Å². The Bertz CT molecular complexity index is 1600. The summed E-state index contributed by atoms with van der Waals surface area (Å²) in [5, 5.41) is 6.15. The monoisotopic (exact) mass is 452 g/mol. The summed E-state index contributed by atoms with van der Waals surface area (Å²) in [5.41, 5.74) is 12.4. The van der Waals surface area contributed by atoms with Crippen LogP contribution in [0.3, 0.4) is 0 Å². The molecule has 6 rings (SSSR count). The number of aromatic nitrogens is 4. The highest BCUT2D eigenvalue weighted by atomic mass is 16.7. The first kappa shape index (κ1) is 20.8. The van der Waals surface area contributed by atoms with E-state index < -0.39 is 0 Å². The van der Waals surface area contributed by atoms with Crippen molar-refractivity contribution < 1.29 is 9.47 Å². The third-order valence-corrected chi connectivity index (χ3v) is 6.88. The molecule has 6 nitrogen and oxygen atoms in total. The van der Waals surface area contributed by atoms with Gasteiger partial charge in [-0.1, -0.05) is 23.8 Å². The van der Waals surface area contributed by atoms with Gasteiger partial charge in [0.2, 0.25) is 6.79 Å². The van der Waals surface area contributed by atoms with Crippen LogP contribution in [0.25, 0.3) is 27.8 Å². The van der Waals surface area contributed by atoms with Gasteiger partial charge in [-0.3, -0.25) is 0 Å². The van der Waals surface area contributed by atoms with Gasteiger partial charge in [-0.25, -0.2) is 4.98 Å². The van der Waals surface area contributed by atoms with Gasteiger partial charge in [0.15, 0.2) is 17.1 Å². The van der Waals surface area contributed by atoms with Crippen molar-refractivity contribution >= 4 is 16.7 Å². The Morgan fingerprint density at radius 3 is 2.32 bits per heavy atom. The molecule has 0 atom stereocenters. The SMILES string of the molecule is Cc1cc(C)c(-c2c(C)nn3c2nc(C)c2cc(C)n(Cc4ccc5c(c4)OCO5)c23)c(C)c1. The molecule has 0 saturated carbocycles. The lowest BCUT2D eigenvalue weighted by Crippen LogP contribution is -2.06. The van der Waals surface area contributed by atoms with Gasteiger partial charge in [0.25, 0.3) is 0 Å². The van der Waals surface area contributed by atoms with Crippen molar-refractivity contribution in [2.24, 2.45) is 0 Å². The summed E-state index contributed by atoms with van der Waals surface area (Å²) < 4.78 is 15.4. The maximum Gasteiger partial charge on any atom is 0.231 e. The van der Waals surface area contributed by atoms with Crippen LogP contribution in [-0.2, 0) is 6.54 Å². The van der Waals surface area contributed by atoms with E-state index in [1.54, 1.807) is 0 Å². The van der Waals surface area contributed by atoms with Crippen LogP contribution in [0.1, 0.15) is 39.3 Å². The Balaban J connectivity index is 1.60. The molecule has 0 fully saturated rings. The normalized spacial score (nSPS) is 12.9. The minimum Gasteiger partial charge on any atom is -0.454 e. The summed E-state index contributed by atoms with van der Waals surface area (Å²) >= 11 is 0. The predicted molar refractivity (Wildman–Crippen MR) is 134 cm³/mol. The van der Waals surface area contributed by atoms with Crippen LogP contribution in [0, 0.1) is 41.5 Å². The Hall–Kier alpha value is -3.80. The Kier molecular flexibility index (Phi) is 4.49. The summed E-state index contributed by atoms with van der Waals surface area (Å²) in [6.07, 6.45) is 0. The van der Waals surface area contributed by atoms with Crippen molar-refractivity contribution in [3.05, 3.63) is 75.7 Å². The number of rotatable bonds is 3. The van der Waals surface area contributed by atoms with Crippen LogP contribution < -0.4 is 9.47 Å². The molecule has 0 N–H and O–H groups in total. The molecule has 1 aliphatic heterocycles. The van der Waals surface area contributed by atoms with E-state index in [0.717, 1.165) is 50.7 Å². The van der Waals surface area contributed by atoms with E-state index in [0.29, 0.717) is 6.54 Å². The molecule has 0 saturated heterocycles. The molecule has 0 spiro atoms. The number of nitrogens with zero attached hydrogens (tertiary/aromatic N) is 4. The smallest absolute Gasteiger partial charge is 0.231 e. The molecule has 0 radical (unpaired) electrons. The van der Waals surface area contributed by atoms with E-state index in [1.165, 1.54) is 27.9 Å². The molecule has 0 aliphatic carbocycles. The zero-order valence-corrected chi connectivity index (χ0v) is 20.5. The van der Waals surface area contributed by atoms with Crippen molar-refractivity contribution in [2.75, 3.05) is 6.79 Å². The lowest BCUT2D eigenvalue weighted by Gasteiger charge is -2.12. The molecule has 4 heterocycles. The van der Waals surface area contributed by atoms with E-state index in [1.807, 2.05) is 10.6 Å². The molecule has 172 valence electrons. The molecule has 1 aliphatic rings. The lowest BCUT2D eigenvalue weighted by molar-refractivity contribution is 0.174. The quantitative estimate of drug-likeness (QED) is 0.338. The van der Waals surface area contributed by atoms with Crippen molar-refractivity contribution in [3.8, 4) is 22.6 Å². The standard InChI is InChI=1S/C28H28N4O2/c1-15-9-16(2)25(17(3)10-15)26-20(6)30-32-27(26)29-19(5)22-11-18(4)31(28(22)32)13-21-7-8-23-24(12-21)34-14-33-23/h7-12H,13-14H2,1-6H3. The molecule has 0 amide bonds. The average molecular weight is 453 g/mol. The molecular formula is C28H28N4O2. The fraction of sp³-hybridized carbons (Fsp3) is 0.286. The lowest BCUT2D eigenvalue weighted by atomic mass is 9.94. The van der Waals surface area contributed by atoms with Gasteiger partial charge in [-0.15, -0.1) is 0 Å². The van der Waals surface area contributed by atoms with Gasteiger partial charge in [-0.05, 0) is 82.0 Å². The van der Waals surface area contributed by atoms with E-state index in [2.05, 4.69) is 76.4 Å². The van der Waals surface area contributed by atoms with Crippen LogP contribution in [0.4, 0.5) is 0 Å². The average Bonchev–Trinajstić information content (AvgIpc) is 3.45. The molecule has 0 bridgehead atoms. The highest BCUT2D eigenvalue weighted by Crippen LogP contribution is 2.37. The van der Waals surface area contributed by atoms with E-state index in [-0.39, 0.29) is 6.79 Å². The highest BCUT2D eigenvalue weighted by molar-refractivity contribution is 5.90. The maximum absolute atomic E-state index is 5.61. The van der Waals surface area contributed by atoms with Gasteiger partial charge in [-0.2, -0.15) is 9.61 Å². The van der Waals surface area contributed by atoms with E-state index >= 15 is 0 Å². The second-order valence-corrected chi connectivity index (χ2v) is 9.46. The third kappa shape index (κ3) is 3.01. The fourth-order valence-electron chi connectivity index (χ4n) is 5.43. The predicted octanol–water partition coefficient (Wildman–Crippen LogP) is 5.98. The Morgan fingerprint density at radius 1 is 0.824 bits per heavy atom. The number of aryl methyl sites for hydroxylation is 6. The van der Waals surface area contributed by atoms with Crippen molar-refractivity contribution in [2.45, 2.75) is 48.1 Å². The fourth-order valence-corrected chi connectivity index (χ4v) is 5.43. The number of ether oxygens (including phenoxy) is 2. The first-order valence-electron chi connectivity index (χ1n) is 11.6. The zero-order valence-electron chi connectivity index (χ0n) is 20.5. The molecule has 0 unspecified atom stereocenters. The van der Waals surface area contributed by atoms with Crippen molar-refractivity contribution in [3.63, 3.8) is 0 Å². The zero-order chi connectivity index (χ0) is 23.7. The highest BCUT2D eigenvalue weighted by Gasteiger charge is 2.22. The molecule has 6 heteroatoms. The van der Waals surface area contributed by atoms with Gasteiger partial charge < -0.3 is 14.0 Å². The summed E-state index contributed by atoms with van der Waals surface area (Å²) in [5.74, 6) is 1.61. The largest absolute Gasteiger partial charge is 0.454 e. The Labute approximate surface area is 198 Å². The van der Waals surface area contributed by atoms with Crippen LogP contribution in [-0.4, -0.2) is 26.0 Å². The third-order valence-electron chi connectivity index (χ3n) is 6.88. The van der Waals surface area contributed by atoms with Crippen LogP contribution in [0.5, 0.6) is 11.5 Å². The second kappa shape index (κ2) is 7.35. The van der Waals surface area contributed by atoms with Gasteiger partial charge in [0.05, 0.1) is 17.0 Å². The van der Waals surface area contributed by atoms with Crippen molar-refractivity contribution in [1.29, 1.82) is 0 Å². The minimum absolute atomic E-state index is 0.281. The van der Waals surface area contributed by atoms with Crippen LogP contribution in [0.2, 0.25) is 0 Å². The first-order valence-corrected chi connectivity index (χ1v) is 11.6. The van der Waals surface area contributed by atoms with Gasteiger partial charge in [0.1, 0.15) is 5.65 Å². The maximum atomic E-state index is 5.61. The second-order valence-electron chi connectivity index (χ2n) is 9.46. The summed E-state index contributed by atoms with van der Waals surface area (Å²) in [6, 6.07) is 12.8. The van der Waals surface area contributed by atoms with Crippen molar-refractivity contribution in [1.82, 2.24) is 19.2 Å². The van der Waals surface area contributed by atoms with Gasteiger partial charge in [0, 0.05) is 17.6 Å². The van der Waals surface area contributed by atoms with Crippen LogP contribution >= 0.6 is 0 Å². The topological polar surface area (TPSA) is 53.6 Å². The summed E-state index contributed by atoms with van der Waals surface area (Å²) in [7, 11) is 0. The Morgan fingerprint density at radius 2 is 1.56 bits per heavy atom. The van der Waals surface area contributed by atoms with E-state index in [4.69, 9.17) is 19.6 Å². The molecule has 34 heavy (non-hydrogen) atoms. The summed E-state index contributed by atoms with van der Waals surface area (Å²) in [6.45, 7) is 13.8. The number of benzene rings is 2. The van der Waals surface area contributed by atoms with Crippen LogP contribution in [0.15, 0.2) is 36.4 Å².